The highest BCUT2D eigenvalue weighted by Crippen LogP contribution is 2.02. The van der Waals surface area contributed by atoms with E-state index in [4.69, 9.17) is 0 Å². The summed E-state index contributed by atoms with van der Waals surface area (Å²) in [7, 11) is 1.96. The third-order valence-electron chi connectivity index (χ3n) is 1.79. The molecule has 0 amide bonds. The second kappa shape index (κ2) is 5.49. The van der Waals surface area contributed by atoms with Crippen LogP contribution in [0, 0.1) is 6.92 Å². The third kappa shape index (κ3) is 3.85. The number of rotatable bonds is 4. The van der Waals surface area contributed by atoms with Gasteiger partial charge in [-0.3, -0.25) is 4.98 Å². The molecule has 70 valence electrons. The Morgan fingerprint density at radius 1 is 1.54 bits per heavy atom. The van der Waals surface area contributed by atoms with Crippen LogP contribution in [-0.4, -0.2) is 18.6 Å². The van der Waals surface area contributed by atoms with E-state index in [0.717, 1.165) is 18.7 Å². The van der Waals surface area contributed by atoms with E-state index in [1.54, 1.807) is 0 Å². The Labute approximate surface area is 79.7 Å². The minimum atomic E-state index is 1.02. The van der Waals surface area contributed by atoms with Crippen molar-refractivity contribution in [2.45, 2.75) is 13.3 Å². The summed E-state index contributed by atoms with van der Waals surface area (Å²) in [4.78, 5) is 4.23. The maximum atomic E-state index is 4.23. The van der Waals surface area contributed by atoms with E-state index in [9.17, 15) is 0 Å². The smallest absolute Gasteiger partial charge is 0.0629 e. The summed E-state index contributed by atoms with van der Waals surface area (Å²) in [5.41, 5.74) is 2.29. The lowest BCUT2D eigenvalue weighted by Gasteiger charge is -1.94. The van der Waals surface area contributed by atoms with E-state index in [2.05, 4.69) is 35.4 Å². The van der Waals surface area contributed by atoms with Crippen LogP contribution < -0.4 is 5.32 Å². The van der Waals surface area contributed by atoms with Gasteiger partial charge in [-0.15, -0.1) is 0 Å². The fourth-order valence-corrected chi connectivity index (χ4v) is 1.08. The van der Waals surface area contributed by atoms with Gasteiger partial charge in [-0.2, -0.15) is 0 Å². The molecule has 1 heterocycles. The molecule has 2 nitrogen and oxygen atoms in total. The predicted molar refractivity (Wildman–Crippen MR) is 56.6 cm³/mol. The van der Waals surface area contributed by atoms with Crippen molar-refractivity contribution < 1.29 is 0 Å². The summed E-state index contributed by atoms with van der Waals surface area (Å²) in [6.07, 6.45) is 7.09. The van der Waals surface area contributed by atoms with E-state index in [1.807, 2.05) is 19.3 Å². The summed E-state index contributed by atoms with van der Waals surface area (Å²) >= 11 is 0. The van der Waals surface area contributed by atoms with Gasteiger partial charge in [-0.1, -0.05) is 6.08 Å². The van der Waals surface area contributed by atoms with Gasteiger partial charge in [0.2, 0.25) is 0 Å². The summed E-state index contributed by atoms with van der Waals surface area (Å²) in [6.45, 7) is 3.09. The molecule has 0 aliphatic rings. The summed E-state index contributed by atoms with van der Waals surface area (Å²) < 4.78 is 0. The maximum absolute atomic E-state index is 4.23. The number of pyridine rings is 1. The molecule has 0 unspecified atom stereocenters. The average Bonchev–Trinajstić information content (AvgIpc) is 2.13. The van der Waals surface area contributed by atoms with Gasteiger partial charge in [0.25, 0.3) is 0 Å². The Morgan fingerprint density at radius 2 is 2.38 bits per heavy atom. The molecule has 1 aromatic rings. The van der Waals surface area contributed by atoms with E-state index in [0.29, 0.717) is 0 Å². The highest BCUT2D eigenvalue weighted by molar-refractivity contribution is 5.45. The zero-order chi connectivity index (χ0) is 9.52. The number of nitrogens with one attached hydrogen (secondary N) is 1. The molecule has 0 saturated heterocycles. The van der Waals surface area contributed by atoms with Gasteiger partial charge in [0.05, 0.1) is 5.69 Å². The minimum Gasteiger partial charge on any atom is -0.319 e. The largest absolute Gasteiger partial charge is 0.319 e. The van der Waals surface area contributed by atoms with Crippen molar-refractivity contribution >= 4 is 6.08 Å². The van der Waals surface area contributed by atoms with Crippen molar-refractivity contribution in [1.29, 1.82) is 0 Å². The lowest BCUT2D eigenvalue weighted by atomic mass is 10.2. The molecule has 2 heteroatoms. The van der Waals surface area contributed by atoms with Crippen LogP contribution in [-0.2, 0) is 0 Å². The normalized spacial score (nSPS) is 10.9. The van der Waals surface area contributed by atoms with Crippen LogP contribution in [0.5, 0.6) is 0 Å². The SMILES string of the molecule is CNCCC=Cc1cc(C)ccn1. The van der Waals surface area contributed by atoms with Crippen molar-refractivity contribution in [3.05, 3.63) is 35.7 Å². The topological polar surface area (TPSA) is 24.9 Å². The van der Waals surface area contributed by atoms with Gasteiger partial charge in [-0.25, -0.2) is 0 Å². The van der Waals surface area contributed by atoms with Crippen molar-refractivity contribution in [3.63, 3.8) is 0 Å². The lowest BCUT2D eigenvalue weighted by molar-refractivity contribution is 0.809. The van der Waals surface area contributed by atoms with Crippen LogP contribution in [0.15, 0.2) is 24.4 Å². The zero-order valence-electron chi connectivity index (χ0n) is 8.25. The summed E-state index contributed by atoms with van der Waals surface area (Å²) in [5.74, 6) is 0. The molecular weight excluding hydrogens is 160 g/mol. The molecule has 0 spiro atoms. The van der Waals surface area contributed by atoms with E-state index < -0.39 is 0 Å². The minimum absolute atomic E-state index is 1.02. The molecule has 0 bridgehead atoms. The first-order chi connectivity index (χ1) is 6.33. The van der Waals surface area contributed by atoms with Crippen LogP contribution in [0.2, 0.25) is 0 Å². The molecule has 0 aliphatic carbocycles. The molecule has 1 rings (SSSR count). The van der Waals surface area contributed by atoms with Crippen molar-refractivity contribution in [2.75, 3.05) is 13.6 Å². The zero-order valence-corrected chi connectivity index (χ0v) is 8.25. The predicted octanol–water partition coefficient (Wildman–Crippen LogP) is 2.01. The number of aryl methyl sites for hydroxylation is 1. The van der Waals surface area contributed by atoms with Crippen molar-refractivity contribution in [1.82, 2.24) is 10.3 Å². The molecule has 0 aromatic carbocycles. The monoisotopic (exact) mass is 176 g/mol. The first-order valence-electron chi connectivity index (χ1n) is 4.56. The molecule has 0 saturated carbocycles. The summed E-state index contributed by atoms with van der Waals surface area (Å²) in [5, 5.41) is 3.09. The highest BCUT2D eigenvalue weighted by atomic mass is 14.8. The molecule has 0 radical (unpaired) electrons. The van der Waals surface area contributed by atoms with Crippen molar-refractivity contribution in [2.24, 2.45) is 0 Å². The molecule has 0 aliphatic heterocycles. The van der Waals surface area contributed by atoms with Gasteiger partial charge in [-0.05, 0) is 50.7 Å². The van der Waals surface area contributed by atoms with Crippen molar-refractivity contribution in [3.8, 4) is 0 Å². The fraction of sp³-hybridized carbons (Fsp3) is 0.364. The van der Waals surface area contributed by atoms with E-state index in [1.165, 1.54) is 5.56 Å². The molecule has 1 aromatic heterocycles. The molecule has 13 heavy (non-hydrogen) atoms. The van der Waals surface area contributed by atoms with E-state index in [-0.39, 0.29) is 0 Å². The second-order valence-corrected chi connectivity index (χ2v) is 3.05. The van der Waals surface area contributed by atoms with Gasteiger partial charge in [0.1, 0.15) is 0 Å². The molecule has 0 fully saturated rings. The van der Waals surface area contributed by atoms with Crippen LogP contribution in [0.3, 0.4) is 0 Å². The van der Waals surface area contributed by atoms with Crippen LogP contribution >= 0.6 is 0 Å². The Kier molecular flexibility index (Phi) is 4.19. The Bertz CT molecular complexity index is 279. The quantitative estimate of drug-likeness (QED) is 0.710. The molecular formula is C11H16N2. The third-order valence-corrected chi connectivity index (χ3v) is 1.79. The number of aromatic nitrogens is 1. The van der Waals surface area contributed by atoms with Gasteiger partial charge < -0.3 is 5.32 Å². The average molecular weight is 176 g/mol. The maximum Gasteiger partial charge on any atom is 0.0629 e. The van der Waals surface area contributed by atoms with E-state index >= 15 is 0 Å². The van der Waals surface area contributed by atoms with Crippen LogP contribution in [0.1, 0.15) is 17.7 Å². The second-order valence-electron chi connectivity index (χ2n) is 3.05. The fourth-order valence-electron chi connectivity index (χ4n) is 1.08. The molecule has 1 N–H and O–H groups in total. The van der Waals surface area contributed by atoms with Gasteiger partial charge >= 0.3 is 0 Å². The standard InChI is InChI=1S/C11H16N2/c1-10-6-8-13-11(9-10)5-3-4-7-12-2/h3,5-6,8-9,12H,4,7H2,1-2H3. The first kappa shape index (κ1) is 9.93. The Hall–Kier alpha value is -1.15. The highest BCUT2D eigenvalue weighted by Gasteiger charge is 1.87. The number of hydrogen-bond donors (Lipinski definition) is 1. The Morgan fingerprint density at radius 3 is 3.08 bits per heavy atom. The molecule has 0 atom stereocenters. The number of hydrogen-bond acceptors (Lipinski definition) is 2. The summed E-state index contributed by atoms with van der Waals surface area (Å²) in [6, 6.07) is 4.08. The van der Waals surface area contributed by atoms with Gasteiger partial charge in [0.15, 0.2) is 0 Å². The Balaban J connectivity index is 2.48. The van der Waals surface area contributed by atoms with Crippen LogP contribution in [0.25, 0.3) is 6.08 Å². The first-order valence-corrected chi connectivity index (χ1v) is 4.56. The van der Waals surface area contributed by atoms with Gasteiger partial charge in [0, 0.05) is 6.20 Å². The van der Waals surface area contributed by atoms with Crippen LogP contribution in [0.4, 0.5) is 0 Å². The number of nitrogens with zero attached hydrogens (tertiary/aromatic N) is 1. The lowest BCUT2D eigenvalue weighted by Crippen LogP contribution is -2.05.